The van der Waals surface area contributed by atoms with Crippen LogP contribution >= 0.6 is 0 Å². The molecular formula is C30H33N7O2. The summed E-state index contributed by atoms with van der Waals surface area (Å²) in [5, 5.41) is 9.19. The van der Waals surface area contributed by atoms with Crippen LogP contribution in [0.25, 0.3) is 22.3 Å². The zero-order valence-corrected chi connectivity index (χ0v) is 21.9. The van der Waals surface area contributed by atoms with Crippen molar-refractivity contribution in [2.75, 3.05) is 25.4 Å². The van der Waals surface area contributed by atoms with E-state index in [1.165, 1.54) is 32.0 Å². The predicted molar refractivity (Wildman–Crippen MR) is 151 cm³/mol. The van der Waals surface area contributed by atoms with Gasteiger partial charge < -0.3 is 20.7 Å². The zero-order valence-electron chi connectivity index (χ0n) is 21.9. The molecule has 6 rings (SSSR count). The van der Waals surface area contributed by atoms with Crippen molar-refractivity contribution in [2.24, 2.45) is 0 Å². The van der Waals surface area contributed by atoms with Crippen LogP contribution in [-0.2, 0) is 4.79 Å². The van der Waals surface area contributed by atoms with Crippen molar-refractivity contribution in [3.63, 3.8) is 0 Å². The molecule has 0 spiro atoms. The molecule has 1 amide bonds. The fourth-order valence-electron chi connectivity index (χ4n) is 5.53. The van der Waals surface area contributed by atoms with Gasteiger partial charge in [-0.2, -0.15) is 5.10 Å². The van der Waals surface area contributed by atoms with E-state index >= 15 is 0 Å². The number of carbonyl (C=O) groups excluding carboxylic acids is 1. The third-order valence-electron chi connectivity index (χ3n) is 7.59. The lowest BCUT2D eigenvalue weighted by Gasteiger charge is -2.15. The summed E-state index contributed by atoms with van der Waals surface area (Å²) in [7, 11) is 0. The molecule has 9 heteroatoms. The first-order chi connectivity index (χ1) is 19.2. The van der Waals surface area contributed by atoms with E-state index in [0.29, 0.717) is 30.6 Å². The molecule has 1 aliphatic heterocycles. The Morgan fingerprint density at radius 2 is 1.79 bits per heavy atom. The summed E-state index contributed by atoms with van der Waals surface area (Å²) < 4.78 is 7.85. The number of nitrogens with one attached hydrogen (secondary N) is 1. The fourth-order valence-corrected chi connectivity index (χ4v) is 5.53. The molecule has 1 aliphatic carbocycles. The average molecular weight is 524 g/mol. The summed E-state index contributed by atoms with van der Waals surface area (Å²) in [6.45, 7) is 1.97. The second-order valence-corrected chi connectivity index (χ2v) is 10.2. The number of ether oxygens (including phenoxy) is 1. The van der Waals surface area contributed by atoms with Crippen molar-refractivity contribution < 1.29 is 9.53 Å². The molecule has 0 radical (unpaired) electrons. The molecule has 1 atom stereocenters. The van der Waals surface area contributed by atoms with Crippen molar-refractivity contribution in [3.05, 3.63) is 73.1 Å². The molecule has 2 aromatic heterocycles. The van der Waals surface area contributed by atoms with Crippen molar-refractivity contribution in [3.8, 4) is 22.8 Å². The van der Waals surface area contributed by atoms with E-state index in [0.717, 1.165) is 41.1 Å². The molecule has 3 heterocycles. The van der Waals surface area contributed by atoms with Crippen LogP contribution in [0.1, 0.15) is 38.1 Å². The van der Waals surface area contributed by atoms with Crippen LogP contribution in [0.5, 0.6) is 11.5 Å². The van der Waals surface area contributed by atoms with Crippen LogP contribution in [0.4, 0.5) is 5.82 Å². The van der Waals surface area contributed by atoms with Crippen molar-refractivity contribution in [1.82, 2.24) is 30.0 Å². The Hall–Kier alpha value is -4.24. The molecule has 0 bridgehead atoms. The Morgan fingerprint density at radius 1 is 1.03 bits per heavy atom. The lowest BCUT2D eigenvalue weighted by atomic mass is 10.1. The molecule has 0 unspecified atom stereocenters. The molecule has 1 saturated heterocycles. The molecule has 2 fully saturated rings. The minimum absolute atomic E-state index is 0.00482. The number of hydrogen-bond acceptors (Lipinski definition) is 7. The van der Waals surface area contributed by atoms with Crippen LogP contribution < -0.4 is 15.8 Å². The maximum absolute atomic E-state index is 12.8. The summed E-state index contributed by atoms with van der Waals surface area (Å²) in [6.07, 6.45) is 10.9. The van der Waals surface area contributed by atoms with Gasteiger partial charge in [-0.3, -0.25) is 4.79 Å². The number of nitrogen functional groups attached to an aromatic ring is 1. The topological polar surface area (TPSA) is 111 Å². The van der Waals surface area contributed by atoms with Crippen LogP contribution in [0.3, 0.4) is 0 Å². The van der Waals surface area contributed by atoms with Crippen LogP contribution in [0.2, 0.25) is 0 Å². The van der Waals surface area contributed by atoms with Gasteiger partial charge in [0.15, 0.2) is 5.65 Å². The number of hydrogen-bond donors (Lipinski definition) is 2. The highest BCUT2D eigenvalue weighted by Gasteiger charge is 2.30. The summed E-state index contributed by atoms with van der Waals surface area (Å²) in [5.74, 6) is 1.92. The number of amides is 1. The van der Waals surface area contributed by atoms with Gasteiger partial charge in [0.2, 0.25) is 5.91 Å². The van der Waals surface area contributed by atoms with Crippen molar-refractivity contribution in [1.29, 1.82) is 0 Å². The first-order valence-corrected chi connectivity index (χ1v) is 13.7. The van der Waals surface area contributed by atoms with Gasteiger partial charge in [0.1, 0.15) is 29.3 Å². The number of nitrogens with zero attached hydrogens (tertiary/aromatic N) is 5. The van der Waals surface area contributed by atoms with E-state index in [2.05, 4.69) is 15.3 Å². The Labute approximate surface area is 227 Å². The number of likely N-dealkylation sites (tertiary alicyclic amines) is 1. The minimum Gasteiger partial charge on any atom is -0.457 e. The average Bonchev–Trinajstić information content (AvgIpc) is 3.73. The zero-order chi connectivity index (χ0) is 26.6. The SMILES string of the molecule is Nc1ncnc2c1c(-c1ccc(Oc3ccccc3)cc1)nn2[C@@H]1CCN(C(=O)C=CCNC2CCCC2)C1. The molecule has 1 saturated carbocycles. The summed E-state index contributed by atoms with van der Waals surface area (Å²) in [5.41, 5.74) is 8.61. The van der Waals surface area contributed by atoms with E-state index in [4.69, 9.17) is 15.6 Å². The Morgan fingerprint density at radius 3 is 2.59 bits per heavy atom. The first kappa shape index (κ1) is 25.1. The second kappa shape index (κ2) is 11.2. The highest BCUT2D eigenvalue weighted by atomic mass is 16.5. The molecule has 200 valence electrons. The van der Waals surface area contributed by atoms with E-state index in [9.17, 15) is 4.79 Å². The van der Waals surface area contributed by atoms with Gasteiger partial charge in [0.05, 0.1) is 11.4 Å². The van der Waals surface area contributed by atoms with Crippen LogP contribution in [0, 0.1) is 0 Å². The lowest BCUT2D eigenvalue weighted by Crippen LogP contribution is -2.29. The third-order valence-corrected chi connectivity index (χ3v) is 7.59. The van der Waals surface area contributed by atoms with Gasteiger partial charge >= 0.3 is 0 Å². The Balaban J connectivity index is 1.18. The molecule has 2 aromatic carbocycles. The number of benzene rings is 2. The van der Waals surface area contributed by atoms with Crippen molar-refractivity contribution >= 4 is 22.8 Å². The summed E-state index contributed by atoms with van der Waals surface area (Å²) in [6, 6.07) is 18.0. The second-order valence-electron chi connectivity index (χ2n) is 10.2. The smallest absolute Gasteiger partial charge is 0.246 e. The predicted octanol–water partition coefficient (Wildman–Crippen LogP) is 4.73. The van der Waals surface area contributed by atoms with Gasteiger partial charge in [-0.15, -0.1) is 0 Å². The van der Waals surface area contributed by atoms with Gasteiger partial charge in [-0.1, -0.05) is 37.1 Å². The maximum Gasteiger partial charge on any atom is 0.246 e. The minimum atomic E-state index is 0.00482. The number of para-hydroxylation sites is 1. The largest absolute Gasteiger partial charge is 0.457 e. The number of fused-ring (bicyclic) bond motifs is 1. The van der Waals surface area contributed by atoms with Crippen LogP contribution in [-0.4, -0.2) is 56.2 Å². The number of anilines is 1. The first-order valence-electron chi connectivity index (χ1n) is 13.7. The van der Waals surface area contributed by atoms with Gasteiger partial charge in [-0.05, 0) is 55.7 Å². The highest BCUT2D eigenvalue weighted by Crippen LogP contribution is 2.35. The van der Waals surface area contributed by atoms with Crippen molar-refractivity contribution in [2.45, 2.75) is 44.2 Å². The van der Waals surface area contributed by atoms with Crippen LogP contribution in [0.15, 0.2) is 73.1 Å². The summed E-state index contributed by atoms with van der Waals surface area (Å²) >= 11 is 0. The standard InChI is InChI=1S/C30H33N7O2/c31-29-27-28(21-12-14-25(15-13-21)39-24-9-2-1-3-10-24)35-37(30(27)34-20-33-29)23-16-18-36(19-23)26(38)11-6-17-32-22-7-4-5-8-22/h1-3,6,9-15,20,22-23,32H,4-5,7-8,16-19H2,(H2,31,33,34)/t23-/m1/s1. The molecule has 39 heavy (non-hydrogen) atoms. The van der Waals surface area contributed by atoms with E-state index in [1.54, 1.807) is 6.08 Å². The fraction of sp³-hybridized carbons (Fsp3) is 0.333. The quantitative estimate of drug-likeness (QED) is 0.321. The summed E-state index contributed by atoms with van der Waals surface area (Å²) in [4.78, 5) is 23.5. The number of aromatic nitrogens is 4. The van der Waals surface area contributed by atoms with Gasteiger partial charge in [0, 0.05) is 37.3 Å². The van der Waals surface area contributed by atoms with E-state index in [1.807, 2.05) is 70.3 Å². The normalized spacial score (nSPS) is 17.9. The molecule has 2 aliphatic rings. The lowest BCUT2D eigenvalue weighted by molar-refractivity contribution is -0.125. The Bertz CT molecular complexity index is 1460. The molecule has 9 nitrogen and oxygen atoms in total. The number of nitrogens with two attached hydrogens (primary N) is 1. The molecular weight excluding hydrogens is 490 g/mol. The molecule has 3 N–H and O–H groups in total. The van der Waals surface area contributed by atoms with Gasteiger partial charge in [0.25, 0.3) is 0 Å². The highest BCUT2D eigenvalue weighted by molar-refractivity contribution is 5.98. The van der Waals surface area contributed by atoms with E-state index in [-0.39, 0.29) is 11.9 Å². The number of rotatable bonds is 8. The van der Waals surface area contributed by atoms with Gasteiger partial charge in [-0.25, -0.2) is 14.6 Å². The van der Waals surface area contributed by atoms with E-state index < -0.39 is 0 Å². The molecule has 4 aromatic rings. The monoisotopic (exact) mass is 523 g/mol. The number of carbonyl (C=O) groups is 1. The Kier molecular flexibility index (Phi) is 7.23. The third kappa shape index (κ3) is 5.49. The maximum atomic E-state index is 12.8.